The highest BCUT2D eigenvalue weighted by atomic mass is 32.2. The molecule has 0 aromatic heterocycles. The quantitative estimate of drug-likeness (QED) is 0.326. The summed E-state index contributed by atoms with van der Waals surface area (Å²) >= 11 is 1.81. The largest absolute Gasteiger partial charge is 0.166 e. The summed E-state index contributed by atoms with van der Waals surface area (Å²) in [7, 11) is -0.0817. The smallest absolute Gasteiger partial charge is 0.0901 e. The second kappa shape index (κ2) is 8.51. The molecule has 0 nitrogen and oxygen atoms in total. The number of benzene rings is 4. The van der Waals surface area contributed by atoms with Crippen molar-refractivity contribution in [2.75, 3.05) is 0 Å². The fourth-order valence-corrected chi connectivity index (χ4v) is 5.81. The van der Waals surface area contributed by atoms with Crippen molar-refractivity contribution < 1.29 is 0 Å². The summed E-state index contributed by atoms with van der Waals surface area (Å²) in [5.74, 6) is 0. The second-order valence-corrected chi connectivity index (χ2v) is 9.49. The van der Waals surface area contributed by atoms with Crippen molar-refractivity contribution in [2.45, 2.75) is 31.4 Å². The Morgan fingerprint density at radius 2 is 0.889 bits per heavy atom. The SMILES string of the molecule is Cc1ccc(Sc2ccc([S+](c3ccccc3)c3ccccc3)cc2)cc1. The van der Waals surface area contributed by atoms with Crippen molar-refractivity contribution in [2.24, 2.45) is 0 Å². The molecule has 0 saturated heterocycles. The maximum Gasteiger partial charge on any atom is 0.166 e. The van der Waals surface area contributed by atoms with E-state index in [1.807, 2.05) is 11.8 Å². The van der Waals surface area contributed by atoms with E-state index in [2.05, 4.69) is 116 Å². The molecule has 0 radical (unpaired) electrons. The molecule has 0 spiro atoms. The van der Waals surface area contributed by atoms with Crippen molar-refractivity contribution in [3.8, 4) is 0 Å². The summed E-state index contributed by atoms with van der Waals surface area (Å²) in [6, 6.07) is 39.3. The van der Waals surface area contributed by atoms with Crippen LogP contribution in [0.25, 0.3) is 0 Å². The molecule has 0 amide bonds. The molecule has 27 heavy (non-hydrogen) atoms. The zero-order valence-corrected chi connectivity index (χ0v) is 16.8. The first-order chi connectivity index (χ1) is 13.3. The number of aryl methyl sites for hydroxylation is 1. The van der Waals surface area contributed by atoms with Crippen molar-refractivity contribution in [3.05, 3.63) is 115 Å². The highest BCUT2D eigenvalue weighted by molar-refractivity contribution is 7.99. The molecule has 0 atom stereocenters. The Morgan fingerprint density at radius 1 is 0.481 bits per heavy atom. The van der Waals surface area contributed by atoms with Crippen LogP contribution in [0, 0.1) is 6.92 Å². The minimum atomic E-state index is -0.0817. The first kappa shape index (κ1) is 18.0. The monoisotopic (exact) mass is 385 g/mol. The Kier molecular flexibility index (Phi) is 5.66. The molecule has 0 saturated carbocycles. The van der Waals surface area contributed by atoms with E-state index in [0.717, 1.165) is 0 Å². The van der Waals surface area contributed by atoms with Gasteiger partial charge in [-0.3, -0.25) is 0 Å². The van der Waals surface area contributed by atoms with Crippen LogP contribution in [-0.2, 0) is 10.9 Å². The summed E-state index contributed by atoms with van der Waals surface area (Å²) in [5, 5.41) is 0. The fourth-order valence-electron chi connectivity index (χ4n) is 2.91. The Bertz CT molecular complexity index is 936. The predicted octanol–water partition coefficient (Wildman–Crippen LogP) is 7.24. The number of hydrogen-bond acceptors (Lipinski definition) is 1. The first-order valence-electron chi connectivity index (χ1n) is 8.98. The van der Waals surface area contributed by atoms with E-state index in [-0.39, 0.29) is 10.9 Å². The average molecular weight is 386 g/mol. The highest BCUT2D eigenvalue weighted by Gasteiger charge is 2.27. The van der Waals surface area contributed by atoms with Crippen molar-refractivity contribution >= 4 is 22.7 Å². The lowest BCUT2D eigenvalue weighted by molar-refractivity contribution is 1.28. The number of hydrogen-bond donors (Lipinski definition) is 0. The Hall–Kier alpha value is -2.42. The molecular formula is C25H21S2+. The van der Waals surface area contributed by atoms with Crippen molar-refractivity contribution in [1.82, 2.24) is 0 Å². The van der Waals surface area contributed by atoms with Crippen LogP contribution >= 0.6 is 11.8 Å². The Balaban J connectivity index is 1.64. The molecule has 0 fully saturated rings. The first-order valence-corrected chi connectivity index (χ1v) is 11.0. The second-order valence-electron chi connectivity index (χ2n) is 6.32. The van der Waals surface area contributed by atoms with Gasteiger partial charge >= 0.3 is 0 Å². The van der Waals surface area contributed by atoms with Gasteiger partial charge in [-0.2, -0.15) is 0 Å². The minimum Gasteiger partial charge on any atom is -0.0901 e. The predicted molar refractivity (Wildman–Crippen MR) is 117 cm³/mol. The van der Waals surface area contributed by atoms with Gasteiger partial charge in [0.25, 0.3) is 0 Å². The molecule has 4 rings (SSSR count). The van der Waals surface area contributed by atoms with Gasteiger partial charge in [0.15, 0.2) is 14.7 Å². The molecule has 0 aliphatic carbocycles. The van der Waals surface area contributed by atoms with Gasteiger partial charge in [0, 0.05) is 9.79 Å². The van der Waals surface area contributed by atoms with E-state index >= 15 is 0 Å². The van der Waals surface area contributed by atoms with Gasteiger partial charge in [0.05, 0.1) is 10.9 Å². The summed E-state index contributed by atoms with van der Waals surface area (Å²) in [6.45, 7) is 2.12. The highest BCUT2D eigenvalue weighted by Crippen LogP contribution is 2.33. The van der Waals surface area contributed by atoms with Gasteiger partial charge in [-0.1, -0.05) is 65.9 Å². The van der Waals surface area contributed by atoms with Gasteiger partial charge in [-0.05, 0) is 67.6 Å². The maximum atomic E-state index is 2.28. The molecular weight excluding hydrogens is 364 g/mol. The van der Waals surface area contributed by atoms with Gasteiger partial charge in [-0.25, -0.2) is 0 Å². The van der Waals surface area contributed by atoms with E-state index in [0.29, 0.717) is 0 Å². The normalized spacial score (nSPS) is 10.9. The molecule has 0 aliphatic heterocycles. The van der Waals surface area contributed by atoms with Crippen LogP contribution in [0.1, 0.15) is 5.56 Å². The van der Waals surface area contributed by atoms with Crippen LogP contribution in [-0.4, -0.2) is 0 Å². The summed E-state index contributed by atoms with van der Waals surface area (Å²) in [4.78, 5) is 6.59. The van der Waals surface area contributed by atoms with E-state index in [1.54, 1.807) is 0 Å². The maximum absolute atomic E-state index is 2.28. The molecule has 2 heteroatoms. The van der Waals surface area contributed by atoms with E-state index in [9.17, 15) is 0 Å². The zero-order valence-electron chi connectivity index (χ0n) is 15.2. The molecule has 0 unspecified atom stereocenters. The zero-order chi connectivity index (χ0) is 18.5. The van der Waals surface area contributed by atoms with Crippen LogP contribution in [0.3, 0.4) is 0 Å². The molecule has 4 aromatic rings. The lowest BCUT2D eigenvalue weighted by Gasteiger charge is -2.09. The van der Waals surface area contributed by atoms with Gasteiger partial charge in [-0.15, -0.1) is 0 Å². The average Bonchev–Trinajstić information content (AvgIpc) is 2.73. The third kappa shape index (κ3) is 4.47. The third-order valence-corrected chi connectivity index (χ3v) is 7.52. The summed E-state index contributed by atoms with van der Waals surface area (Å²) < 4.78 is 0. The standard InChI is InChI=1S/C25H21S2/c1-20-12-14-21(15-13-20)26-22-16-18-25(19-17-22)27(23-8-4-2-5-9-23)24-10-6-3-7-11-24/h2-19H,1H3/q+1. The van der Waals surface area contributed by atoms with E-state index < -0.39 is 0 Å². The topological polar surface area (TPSA) is 0 Å². The Labute approximate surface area is 168 Å². The Morgan fingerprint density at radius 3 is 1.37 bits per heavy atom. The summed E-state index contributed by atoms with van der Waals surface area (Å²) in [5.41, 5.74) is 1.30. The fraction of sp³-hybridized carbons (Fsp3) is 0.0400. The lowest BCUT2D eigenvalue weighted by atomic mass is 10.2. The van der Waals surface area contributed by atoms with Crippen LogP contribution in [0.2, 0.25) is 0 Å². The summed E-state index contributed by atoms with van der Waals surface area (Å²) in [6.07, 6.45) is 0. The van der Waals surface area contributed by atoms with E-state index in [1.165, 1.54) is 30.0 Å². The number of rotatable bonds is 5. The molecule has 4 aromatic carbocycles. The van der Waals surface area contributed by atoms with Crippen LogP contribution in [0.4, 0.5) is 0 Å². The van der Waals surface area contributed by atoms with Crippen molar-refractivity contribution in [3.63, 3.8) is 0 Å². The van der Waals surface area contributed by atoms with Crippen molar-refractivity contribution in [1.29, 1.82) is 0 Å². The minimum absolute atomic E-state index is 0.0817. The molecule has 0 bridgehead atoms. The van der Waals surface area contributed by atoms with Gasteiger partial charge in [0.2, 0.25) is 0 Å². The molecule has 0 aliphatic rings. The van der Waals surface area contributed by atoms with Crippen LogP contribution in [0.15, 0.2) is 134 Å². The molecule has 0 N–H and O–H groups in total. The molecule has 132 valence electrons. The van der Waals surface area contributed by atoms with Crippen LogP contribution < -0.4 is 0 Å². The third-order valence-electron chi connectivity index (χ3n) is 4.27. The van der Waals surface area contributed by atoms with Crippen LogP contribution in [0.5, 0.6) is 0 Å². The van der Waals surface area contributed by atoms with Gasteiger partial charge < -0.3 is 0 Å². The van der Waals surface area contributed by atoms with Gasteiger partial charge in [0.1, 0.15) is 0 Å². The molecule has 0 heterocycles. The van der Waals surface area contributed by atoms with E-state index in [4.69, 9.17) is 0 Å². The lowest BCUT2D eigenvalue weighted by Crippen LogP contribution is -2.04.